The number of carboxylic acids is 2. The molecule has 176 valence electrons. The SMILES string of the molecule is COCCCN1CCC(NC(=O)c2nn(C(C)C)c3ccccc23)CC1.O=C(O)C(=O)O. The smallest absolute Gasteiger partial charge is 0.414 e. The van der Waals surface area contributed by atoms with Crippen LogP contribution in [-0.2, 0) is 14.3 Å². The van der Waals surface area contributed by atoms with E-state index in [1.165, 1.54) is 0 Å². The van der Waals surface area contributed by atoms with E-state index in [1.54, 1.807) is 7.11 Å². The predicted molar refractivity (Wildman–Crippen MR) is 119 cm³/mol. The van der Waals surface area contributed by atoms with Crippen molar-refractivity contribution in [2.45, 2.75) is 45.2 Å². The van der Waals surface area contributed by atoms with Crippen molar-refractivity contribution in [1.29, 1.82) is 0 Å². The first kappa shape index (κ1) is 25.3. The van der Waals surface area contributed by atoms with Crippen molar-refractivity contribution in [3.8, 4) is 0 Å². The molecule has 0 bridgehead atoms. The van der Waals surface area contributed by atoms with Crippen molar-refractivity contribution in [2.24, 2.45) is 0 Å². The molecule has 2 heterocycles. The Morgan fingerprint density at radius 1 is 1.16 bits per heavy atom. The molecule has 1 fully saturated rings. The van der Waals surface area contributed by atoms with Gasteiger partial charge in [-0.15, -0.1) is 0 Å². The van der Waals surface area contributed by atoms with Gasteiger partial charge in [-0.3, -0.25) is 9.48 Å². The average Bonchev–Trinajstić information content (AvgIpc) is 3.16. The number of aromatic nitrogens is 2. The molecular formula is C22H32N4O6. The summed E-state index contributed by atoms with van der Waals surface area (Å²) in [4.78, 5) is 33.5. The molecule has 0 atom stereocenters. The number of carbonyl (C=O) groups excluding carboxylic acids is 1. The summed E-state index contributed by atoms with van der Waals surface area (Å²) in [5, 5.41) is 23.5. The molecule has 1 aliphatic rings. The van der Waals surface area contributed by atoms with Gasteiger partial charge >= 0.3 is 11.9 Å². The second-order valence-corrected chi connectivity index (χ2v) is 7.95. The number of nitrogens with zero attached hydrogens (tertiary/aromatic N) is 3. The van der Waals surface area contributed by atoms with E-state index >= 15 is 0 Å². The number of carboxylic acid groups (broad SMARTS) is 2. The van der Waals surface area contributed by atoms with E-state index in [1.807, 2.05) is 28.9 Å². The van der Waals surface area contributed by atoms with E-state index in [-0.39, 0.29) is 18.0 Å². The molecule has 2 aromatic rings. The van der Waals surface area contributed by atoms with Gasteiger partial charge in [-0.05, 0) is 39.2 Å². The highest BCUT2D eigenvalue weighted by Crippen LogP contribution is 2.22. The number of aliphatic carboxylic acids is 2. The molecule has 0 unspecified atom stereocenters. The Bertz CT molecular complexity index is 906. The van der Waals surface area contributed by atoms with Crippen LogP contribution in [0.15, 0.2) is 24.3 Å². The van der Waals surface area contributed by atoms with E-state index in [0.29, 0.717) is 5.69 Å². The lowest BCUT2D eigenvalue weighted by atomic mass is 10.0. The highest BCUT2D eigenvalue weighted by molar-refractivity contribution is 6.27. The number of para-hydroxylation sites is 1. The molecule has 0 radical (unpaired) electrons. The summed E-state index contributed by atoms with van der Waals surface area (Å²) < 4.78 is 7.05. The third kappa shape index (κ3) is 7.03. The fraction of sp³-hybridized carbons (Fsp3) is 0.545. The first-order chi connectivity index (χ1) is 15.2. The monoisotopic (exact) mass is 448 g/mol. The zero-order chi connectivity index (χ0) is 23.7. The van der Waals surface area contributed by atoms with Crippen LogP contribution in [0.25, 0.3) is 10.9 Å². The Labute approximate surface area is 187 Å². The van der Waals surface area contributed by atoms with Gasteiger partial charge in [-0.2, -0.15) is 5.10 Å². The number of benzene rings is 1. The summed E-state index contributed by atoms with van der Waals surface area (Å²) >= 11 is 0. The van der Waals surface area contributed by atoms with E-state index in [4.69, 9.17) is 24.5 Å². The van der Waals surface area contributed by atoms with Gasteiger partial charge < -0.3 is 25.2 Å². The quantitative estimate of drug-likeness (QED) is 0.433. The number of methoxy groups -OCH3 is 1. The van der Waals surface area contributed by atoms with Gasteiger partial charge in [0, 0.05) is 50.8 Å². The highest BCUT2D eigenvalue weighted by atomic mass is 16.5. The largest absolute Gasteiger partial charge is 0.473 e. The molecule has 0 saturated carbocycles. The number of carbonyl (C=O) groups is 3. The molecule has 10 nitrogen and oxygen atoms in total. The standard InChI is InChI=1S/C20H30N4O2.C2H2O4/c1-15(2)24-18-8-5-4-7-17(18)19(22-24)20(25)21-16-9-12-23(13-10-16)11-6-14-26-3;3-1(4)2(5)6/h4-5,7-8,15-16H,6,9-14H2,1-3H3,(H,21,25);(H,3,4)(H,5,6). The van der Waals surface area contributed by atoms with Crippen molar-refractivity contribution in [3.05, 3.63) is 30.0 Å². The van der Waals surface area contributed by atoms with Gasteiger partial charge in [-0.1, -0.05) is 18.2 Å². The van der Waals surface area contributed by atoms with E-state index in [0.717, 1.165) is 56.4 Å². The average molecular weight is 449 g/mol. The molecule has 1 amide bonds. The zero-order valence-electron chi connectivity index (χ0n) is 18.8. The third-order valence-electron chi connectivity index (χ3n) is 5.25. The van der Waals surface area contributed by atoms with Crippen LogP contribution in [-0.4, -0.2) is 82.1 Å². The Kier molecular flexibility index (Phi) is 9.61. The van der Waals surface area contributed by atoms with Gasteiger partial charge in [-0.25, -0.2) is 9.59 Å². The molecule has 1 aromatic carbocycles. The van der Waals surface area contributed by atoms with Crippen molar-refractivity contribution >= 4 is 28.7 Å². The van der Waals surface area contributed by atoms with E-state index in [9.17, 15) is 4.79 Å². The van der Waals surface area contributed by atoms with Crippen molar-refractivity contribution in [3.63, 3.8) is 0 Å². The summed E-state index contributed by atoms with van der Waals surface area (Å²) in [6.45, 7) is 8.09. The van der Waals surface area contributed by atoms with Gasteiger partial charge in [0.1, 0.15) is 0 Å². The number of piperidine rings is 1. The minimum atomic E-state index is -1.82. The maximum Gasteiger partial charge on any atom is 0.414 e. The molecule has 1 saturated heterocycles. The number of likely N-dealkylation sites (tertiary alicyclic amines) is 1. The number of hydrogen-bond acceptors (Lipinski definition) is 6. The Morgan fingerprint density at radius 3 is 2.34 bits per heavy atom. The number of ether oxygens (including phenoxy) is 1. The molecule has 3 N–H and O–H groups in total. The highest BCUT2D eigenvalue weighted by Gasteiger charge is 2.24. The first-order valence-electron chi connectivity index (χ1n) is 10.7. The van der Waals surface area contributed by atoms with Crippen LogP contribution in [0.2, 0.25) is 0 Å². The van der Waals surface area contributed by atoms with Crippen LogP contribution < -0.4 is 5.32 Å². The van der Waals surface area contributed by atoms with Gasteiger partial charge in [0.05, 0.1) is 5.52 Å². The van der Waals surface area contributed by atoms with Gasteiger partial charge in [0.25, 0.3) is 5.91 Å². The van der Waals surface area contributed by atoms with Crippen molar-refractivity contribution < 1.29 is 29.3 Å². The molecular weight excluding hydrogens is 416 g/mol. The fourth-order valence-electron chi connectivity index (χ4n) is 3.64. The Morgan fingerprint density at radius 2 is 1.78 bits per heavy atom. The summed E-state index contributed by atoms with van der Waals surface area (Å²) in [6, 6.07) is 8.40. The maximum absolute atomic E-state index is 12.8. The number of rotatable bonds is 7. The van der Waals surface area contributed by atoms with Crippen LogP contribution in [0.4, 0.5) is 0 Å². The number of hydrogen-bond donors (Lipinski definition) is 3. The van der Waals surface area contributed by atoms with E-state index in [2.05, 4.69) is 29.2 Å². The Hall–Kier alpha value is -2.98. The van der Waals surface area contributed by atoms with Crippen LogP contribution in [0.5, 0.6) is 0 Å². The minimum absolute atomic E-state index is 0.0570. The van der Waals surface area contributed by atoms with E-state index < -0.39 is 11.9 Å². The fourth-order valence-corrected chi connectivity index (χ4v) is 3.64. The van der Waals surface area contributed by atoms with Crippen molar-refractivity contribution in [2.75, 3.05) is 33.4 Å². The lowest BCUT2D eigenvalue weighted by Gasteiger charge is -2.32. The van der Waals surface area contributed by atoms with Gasteiger partial charge in [0.15, 0.2) is 5.69 Å². The second kappa shape index (κ2) is 12.2. The molecule has 32 heavy (non-hydrogen) atoms. The second-order valence-electron chi connectivity index (χ2n) is 7.95. The van der Waals surface area contributed by atoms with Crippen LogP contribution in [0, 0.1) is 0 Å². The van der Waals surface area contributed by atoms with Gasteiger partial charge in [0.2, 0.25) is 0 Å². The summed E-state index contributed by atoms with van der Waals surface area (Å²) in [5.74, 6) is -3.71. The lowest BCUT2D eigenvalue weighted by molar-refractivity contribution is -0.159. The predicted octanol–water partition coefficient (Wildman–Crippen LogP) is 2.00. The maximum atomic E-state index is 12.8. The molecule has 1 aromatic heterocycles. The van der Waals surface area contributed by atoms with Crippen LogP contribution in [0.1, 0.15) is 49.6 Å². The molecule has 0 spiro atoms. The topological polar surface area (TPSA) is 134 Å². The summed E-state index contributed by atoms with van der Waals surface area (Å²) in [5.41, 5.74) is 1.55. The lowest BCUT2D eigenvalue weighted by Crippen LogP contribution is -2.45. The molecule has 1 aliphatic heterocycles. The Balaban J connectivity index is 0.000000534. The molecule has 10 heteroatoms. The number of fused-ring (bicyclic) bond motifs is 1. The van der Waals surface area contributed by atoms with Crippen LogP contribution in [0.3, 0.4) is 0 Å². The number of nitrogens with one attached hydrogen (secondary N) is 1. The number of amides is 1. The normalized spacial score (nSPS) is 14.8. The molecule has 0 aliphatic carbocycles. The third-order valence-corrected chi connectivity index (χ3v) is 5.25. The summed E-state index contributed by atoms with van der Waals surface area (Å²) in [6.07, 6.45) is 3.04. The van der Waals surface area contributed by atoms with Crippen LogP contribution >= 0.6 is 0 Å². The molecule has 3 rings (SSSR count). The minimum Gasteiger partial charge on any atom is -0.473 e. The first-order valence-corrected chi connectivity index (χ1v) is 10.7. The van der Waals surface area contributed by atoms with Crippen molar-refractivity contribution in [1.82, 2.24) is 20.0 Å². The summed E-state index contributed by atoms with van der Waals surface area (Å²) in [7, 11) is 1.74. The zero-order valence-corrected chi connectivity index (χ0v) is 18.8.